The smallest absolute Gasteiger partial charge is 0.326 e. The predicted octanol–water partition coefficient (Wildman–Crippen LogP) is 2.74. The van der Waals surface area contributed by atoms with E-state index >= 15 is 0 Å². The van der Waals surface area contributed by atoms with Crippen LogP contribution in [-0.4, -0.2) is 35.2 Å². The van der Waals surface area contributed by atoms with Gasteiger partial charge >= 0.3 is 6.18 Å². The van der Waals surface area contributed by atoms with Gasteiger partial charge in [-0.2, -0.15) is 13.2 Å². The first-order valence-electron chi connectivity index (χ1n) is 6.31. The summed E-state index contributed by atoms with van der Waals surface area (Å²) in [5.74, 6) is 0. The zero-order chi connectivity index (χ0) is 14.5. The summed E-state index contributed by atoms with van der Waals surface area (Å²) in [4.78, 5) is 5.34. The Hall–Kier alpha value is -1.14. The third kappa shape index (κ3) is 5.16. The summed E-state index contributed by atoms with van der Waals surface area (Å²) in [6.45, 7) is 2.96. The monoisotopic (exact) mass is 275 g/mol. The molecule has 0 fully saturated rings. The summed E-state index contributed by atoms with van der Waals surface area (Å²) >= 11 is 0. The second-order valence-corrected chi connectivity index (χ2v) is 4.68. The molecule has 0 aliphatic rings. The quantitative estimate of drug-likeness (QED) is 0.868. The fourth-order valence-corrected chi connectivity index (χ4v) is 2.23. The number of hydrogen-bond donors (Lipinski definition) is 1. The molecule has 0 amide bonds. The molecule has 1 rings (SSSR count). The van der Waals surface area contributed by atoms with Gasteiger partial charge in [0, 0.05) is 18.4 Å². The van der Waals surface area contributed by atoms with Gasteiger partial charge in [0.25, 0.3) is 0 Å². The van der Waals surface area contributed by atoms with Crippen LogP contribution in [0.3, 0.4) is 0 Å². The van der Waals surface area contributed by atoms with Gasteiger partial charge in [-0.3, -0.25) is 9.88 Å². The Morgan fingerprint density at radius 3 is 2.53 bits per heavy atom. The summed E-state index contributed by atoms with van der Waals surface area (Å²) < 4.78 is 38.0. The minimum absolute atomic E-state index is 0.348. The van der Waals surface area contributed by atoms with E-state index in [1.165, 1.54) is 4.90 Å². The molecule has 108 valence electrons. The Bertz CT molecular complexity index is 365. The average Bonchev–Trinajstić information content (AvgIpc) is 2.28. The van der Waals surface area contributed by atoms with Gasteiger partial charge in [0.05, 0.1) is 12.6 Å². The van der Waals surface area contributed by atoms with Crippen molar-refractivity contribution in [3.05, 3.63) is 30.1 Å². The van der Waals surface area contributed by atoms with E-state index < -0.39 is 24.8 Å². The molecule has 0 aliphatic carbocycles. The molecule has 2 atom stereocenters. The lowest BCUT2D eigenvalue weighted by Gasteiger charge is -2.34. The van der Waals surface area contributed by atoms with Gasteiger partial charge in [-0.05, 0) is 31.5 Å². The van der Waals surface area contributed by atoms with Crippen molar-refractivity contribution in [3.63, 3.8) is 0 Å². The minimum atomic E-state index is -4.23. The van der Waals surface area contributed by atoms with Crippen molar-refractivity contribution in [1.29, 1.82) is 0 Å². The number of hydrogen-bond acceptors (Lipinski definition) is 3. The standard InChI is InChI=1S/C13H20F3N3/c1-3-7-19(9-13(14,15)16)12(10(2)17)11-5-4-6-18-8-11/h4-6,8,10,12H,3,7,9,17H2,1-2H3. The highest BCUT2D eigenvalue weighted by molar-refractivity contribution is 5.16. The van der Waals surface area contributed by atoms with Gasteiger partial charge in [0.15, 0.2) is 0 Å². The topological polar surface area (TPSA) is 42.2 Å². The van der Waals surface area contributed by atoms with Gasteiger partial charge in [-0.1, -0.05) is 13.0 Å². The highest BCUT2D eigenvalue weighted by atomic mass is 19.4. The van der Waals surface area contributed by atoms with Crippen LogP contribution < -0.4 is 5.73 Å². The SMILES string of the molecule is CCCN(CC(F)(F)F)C(c1cccnc1)C(C)N. The lowest BCUT2D eigenvalue weighted by atomic mass is 10.0. The second-order valence-electron chi connectivity index (χ2n) is 4.68. The van der Waals surface area contributed by atoms with E-state index in [-0.39, 0.29) is 0 Å². The van der Waals surface area contributed by atoms with E-state index in [0.29, 0.717) is 13.0 Å². The number of halogens is 3. The van der Waals surface area contributed by atoms with Crippen molar-refractivity contribution < 1.29 is 13.2 Å². The fraction of sp³-hybridized carbons (Fsp3) is 0.615. The molecule has 0 spiro atoms. The third-order valence-corrected chi connectivity index (χ3v) is 2.81. The maximum Gasteiger partial charge on any atom is 0.401 e. The summed E-state index contributed by atoms with van der Waals surface area (Å²) in [6, 6.07) is 2.59. The van der Waals surface area contributed by atoms with Crippen LogP contribution in [0.4, 0.5) is 13.2 Å². The molecule has 1 heterocycles. The summed E-state index contributed by atoms with van der Waals surface area (Å²) in [6.07, 6.45) is -0.424. The van der Waals surface area contributed by atoms with E-state index in [1.54, 1.807) is 31.5 Å². The number of nitrogens with zero attached hydrogens (tertiary/aromatic N) is 2. The highest BCUT2D eigenvalue weighted by Crippen LogP contribution is 2.27. The summed E-state index contributed by atoms with van der Waals surface area (Å²) in [5.41, 5.74) is 6.60. The Morgan fingerprint density at radius 2 is 2.11 bits per heavy atom. The molecule has 2 N–H and O–H groups in total. The molecule has 19 heavy (non-hydrogen) atoms. The number of rotatable bonds is 6. The number of pyridine rings is 1. The normalized spacial score (nSPS) is 15.5. The van der Waals surface area contributed by atoms with Gasteiger partial charge in [0.1, 0.15) is 0 Å². The Labute approximate surface area is 111 Å². The zero-order valence-corrected chi connectivity index (χ0v) is 11.2. The Kier molecular flexibility index (Phi) is 5.75. The van der Waals surface area contributed by atoms with Gasteiger partial charge < -0.3 is 5.73 Å². The molecule has 0 aromatic carbocycles. The Balaban J connectivity index is 2.99. The maximum absolute atomic E-state index is 12.7. The first-order chi connectivity index (χ1) is 8.85. The lowest BCUT2D eigenvalue weighted by Crippen LogP contribution is -2.44. The maximum atomic E-state index is 12.7. The fourth-order valence-electron chi connectivity index (χ4n) is 2.23. The van der Waals surface area contributed by atoms with Crippen molar-refractivity contribution in [2.75, 3.05) is 13.1 Å². The van der Waals surface area contributed by atoms with E-state index in [0.717, 1.165) is 5.56 Å². The first kappa shape index (κ1) is 15.9. The van der Waals surface area contributed by atoms with Crippen LogP contribution >= 0.6 is 0 Å². The van der Waals surface area contributed by atoms with Gasteiger partial charge in [0.2, 0.25) is 0 Å². The highest BCUT2D eigenvalue weighted by Gasteiger charge is 2.35. The van der Waals surface area contributed by atoms with Crippen LogP contribution in [0.5, 0.6) is 0 Å². The number of nitrogens with two attached hydrogens (primary N) is 1. The van der Waals surface area contributed by atoms with Crippen LogP contribution in [0.2, 0.25) is 0 Å². The molecule has 0 aliphatic heterocycles. The van der Waals surface area contributed by atoms with E-state index in [2.05, 4.69) is 4.98 Å². The third-order valence-electron chi connectivity index (χ3n) is 2.81. The van der Waals surface area contributed by atoms with Crippen molar-refractivity contribution in [3.8, 4) is 0 Å². The second kappa shape index (κ2) is 6.86. The molecule has 6 heteroatoms. The largest absolute Gasteiger partial charge is 0.401 e. The molecule has 1 aromatic rings. The minimum Gasteiger partial charge on any atom is -0.326 e. The molecule has 0 bridgehead atoms. The van der Waals surface area contributed by atoms with Crippen molar-refractivity contribution >= 4 is 0 Å². The first-order valence-corrected chi connectivity index (χ1v) is 6.31. The molecule has 1 aromatic heterocycles. The van der Waals surface area contributed by atoms with Crippen molar-refractivity contribution in [2.24, 2.45) is 5.73 Å². The van der Waals surface area contributed by atoms with E-state index in [9.17, 15) is 13.2 Å². The van der Waals surface area contributed by atoms with Crippen LogP contribution in [-0.2, 0) is 0 Å². The Morgan fingerprint density at radius 1 is 1.42 bits per heavy atom. The van der Waals surface area contributed by atoms with Crippen molar-refractivity contribution in [2.45, 2.75) is 38.5 Å². The molecule has 3 nitrogen and oxygen atoms in total. The molecule has 2 unspecified atom stereocenters. The molecule has 0 radical (unpaired) electrons. The van der Waals surface area contributed by atoms with Crippen LogP contribution in [0, 0.1) is 0 Å². The van der Waals surface area contributed by atoms with Crippen LogP contribution in [0.1, 0.15) is 31.9 Å². The van der Waals surface area contributed by atoms with Crippen LogP contribution in [0.25, 0.3) is 0 Å². The number of aromatic nitrogens is 1. The van der Waals surface area contributed by atoms with Gasteiger partial charge in [-0.25, -0.2) is 0 Å². The molecule has 0 saturated heterocycles. The average molecular weight is 275 g/mol. The van der Waals surface area contributed by atoms with Crippen LogP contribution in [0.15, 0.2) is 24.5 Å². The lowest BCUT2D eigenvalue weighted by molar-refractivity contribution is -0.152. The van der Waals surface area contributed by atoms with E-state index in [4.69, 9.17) is 5.73 Å². The molecular weight excluding hydrogens is 255 g/mol. The summed E-state index contributed by atoms with van der Waals surface area (Å²) in [5, 5.41) is 0. The number of alkyl halides is 3. The zero-order valence-electron chi connectivity index (χ0n) is 11.2. The predicted molar refractivity (Wildman–Crippen MR) is 68.5 cm³/mol. The summed E-state index contributed by atoms with van der Waals surface area (Å²) in [7, 11) is 0. The van der Waals surface area contributed by atoms with Gasteiger partial charge in [-0.15, -0.1) is 0 Å². The molecular formula is C13H20F3N3. The molecule has 0 saturated carbocycles. The van der Waals surface area contributed by atoms with E-state index in [1.807, 2.05) is 6.92 Å². The van der Waals surface area contributed by atoms with Crippen molar-refractivity contribution in [1.82, 2.24) is 9.88 Å².